The minimum atomic E-state index is -0.118. The lowest BCUT2D eigenvalue weighted by Crippen LogP contribution is -2.14. The van der Waals surface area contributed by atoms with E-state index in [0.717, 1.165) is 11.3 Å². The molecule has 0 saturated heterocycles. The number of carbonyl (C=O) groups excluding carboxylic acids is 1. The van der Waals surface area contributed by atoms with E-state index in [1.807, 2.05) is 66.7 Å². The van der Waals surface area contributed by atoms with Crippen LogP contribution in [0, 0.1) is 0 Å². The molecular formula is C27H25N7O2. The molecule has 3 aromatic carbocycles. The molecule has 0 saturated carbocycles. The normalized spacial score (nSPS) is 10.9. The van der Waals surface area contributed by atoms with Crippen LogP contribution >= 0.6 is 0 Å². The van der Waals surface area contributed by atoms with Gasteiger partial charge in [0.1, 0.15) is 29.3 Å². The van der Waals surface area contributed by atoms with Crippen LogP contribution in [0.4, 0.5) is 17.2 Å². The molecule has 36 heavy (non-hydrogen) atoms. The Kier molecular flexibility index (Phi) is 6.44. The molecule has 5 rings (SSSR count). The monoisotopic (exact) mass is 479 g/mol. The van der Waals surface area contributed by atoms with Crippen molar-refractivity contribution in [2.24, 2.45) is 0 Å². The van der Waals surface area contributed by atoms with Crippen molar-refractivity contribution >= 4 is 34.1 Å². The van der Waals surface area contributed by atoms with Crippen molar-refractivity contribution in [3.05, 3.63) is 85.2 Å². The summed E-state index contributed by atoms with van der Waals surface area (Å²) in [5.41, 5.74) is 15.4. The van der Waals surface area contributed by atoms with Gasteiger partial charge in [-0.05, 0) is 55.0 Å². The van der Waals surface area contributed by atoms with Crippen LogP contribution in [0.1, 0.15) is 12.8 Å². The maximum absolute atomic E-state index is 12.4. The van der Waals surface area contributed by atoms with E-state index in [9.17, 15) is 4.79 Å². The Morgan fingerprint density at radius 2 is 1.61 bits per heavy atom. The summed E-state index contributed by atoms with van der Waals surface area (Å²) in [6, 6.07) is 24.4. The highest BCUT2D eigenvalue weighted by atomic mass is 16.5. The zero-order valence-corrected chi connectivity index (χ0v) is 19.5. The third-order valence-corrected chi connectivity index (χ3v) is 5.67. The second-order valence-corrected chi connectivity index (χ2v) is 8.21. The fraction of sp³-hybridized carbons (Fsp3) is 0.111. The van der Waals surface area contributed by atoms with E-state index >= 15 is 0 Å². The number of aromatic nitrogens is 4. The lowest BCUT2D eigenvalue weighted by Gasteiger charge is -2.08. The maximum Gasteiger partial charge on any atom is 0.224 e. The number of amides is 1. The third-order valence-electron chi connectivity index (χ3n) is 5.67. The first kappa shape index (κ1) is 22.9. The summed E-state index contributed by atoms with van der Waals surface area (Å²) in [4.78, 5) is 21.0. The smallest absolute Gasteiger partial charge is 0.224 e. The molecule has 0 aliphatic rings. The maximum atomic E-state index is 12.4. The van der Waals surface area contributed by atoms with Gasteiger partial charge in [-0.1, -0.05) is 30.3 Å². The Bertz CT molecular complexity index is 1500. The van der Waals surface area contributed by atoms with Gasteiger partial charge < -0.3 is 21.5 Å². The molecule has 0 aliphatic carbocycles. The molecule has 2 heterocycles. The number of ether oxygens (including phenoxy) is 1. The first-order chi connectivity index (χ1) is 17.6. The summed E-state index contributed by atoms with van der Waals surface area (Å²) in [6.07, 6.45) is 2.28. The summed E-state index contributed by atoms with van der Waals surface area (Å²) in [7, 11) is 0. The van der Waals surface area contributed by atoms with Gasteiger partial charge in [-0.15, -0.1) is 0 Å². The van der Waals surface area contributed by atoms with Gasteiger partial charge >= 0.3 is 0 Å². The zero-order chi connectivity index (χ0) is 24.9. The molecule has 0 bridgehead atoms. The Morgan fingerprint density at radius 3 is 2.39 bits per heavy atom. The topological polar surface area (TPSA) is 134 Å². The molecule has 1 amide bonds. The van der Waals surface area contributed by atoms with Crippen LogP contribution < -0.4 is 21.5 Å². The van der Waals surface area contributed by atoms with E-state index in [2.05, 4.69) is 15.3 Å². The Balaban J connectivity index is 1.32. The van der Waals surface area contributed by atoms with Crippen LogP contribution in [0.2, 0.25) is 0 Å². The van der Waals surface area contributed by atoms with Gasteiger partial charge in [0, 0.05) is 18.5 Å². The second kappa shape index (κ2) is 10.1. The van der Waals surface area contributed by atoms with E-state index in [1.54, 1.807) is 16.8 Å². The zero-order valence-electron chi connectivity index (χ0n) is 19.5. The number of carbonyl (C=O) groups is 1. The number of rotatable bonds is 8. The number of nitrogens with one attached hydrogen (secondary N) is 1. The summed E-state index contributed by atoms with van der Waals surface area (Å²) >= 11 is 0. The fourth-order valence-electron chi connectivity index (χ4n) is 3.91. The lowest BCUT2D eigenvalue weighted by molar-refractivity contribution is -0.116. The minimum Gasteiger partial charge on any atom is -0.457 e. The number of benzene rings is 3. The summed E-state index contributed by atoms with van der Waals surface area (Å²) in [5, 5.41) is 8.29. The van der Waals surface area contributed by atoms with Crippen LogP contribution in [-0.4, -0.2) is 25.7 Å². The predicted molar refractivity (Wildman–Crippen MR) is 140 cm³/mol. The Hall–Kier alpha value is -4.92. The second-order valence-electron chi connectivity index (χ2n) is 8.21. The molecule has 9 nitrogen and oxygen atoms in total. The summed E-state index contributed by atoms with van der Waals surface area (Å²) < 4.78 is 7.66. The van der Waals surface area contributed by atoms with Gasteiger partial charge in [0.15, 0.2) is 5.65 Å². The van der Waals surface area contributed by atoms with Gasteiger partial charge in [0.25, 0.3) is 0 Å². The first-order valence-electron chi connectivity index (χ1n) is 11.5. The molecule has 9 heteroatoms. The van der Waals surface area contributed by atoms with Crippen molar-refractivity contribution in [1.82, 2.24) is 19.7 Å². The van der Waals surface area contributed by atoms with Crippen molar-refractivity contribution in [3.8, 4) is 22.8 Å². The standard InChI is InChI=1S/C27H25N7O2/c28-21-9-4-5-10-22(21)32-23(35)11-6-16-34-27-24(26(29)30-17-31-27)25(33-34)18-12-14-20(15-13-18)36-19-7-2-1-3-8-19/h1-5,7-10,12-15,17H,6,11,16,28H2,(H,32,35)(H2,29,30,31). The highest BCUT2D eigenvalue weighted by molar-refractivity contribution is 5.98. The minimum absolute atomic E-state index is 0.118. The van der Waals surface area contributed by atoms with Crippen molar-refractivity contribution < 1.29 is 9.53 Å². The van der Waals surface area contributed by atoms with Crippen LogP contribution in [0.25, 0.3) is 22.3 Å². The van der Waals surface area contributed by atoms with Gasteiger partial charge in [-0.3, -0.25) is 4.79 Å². The van der Waals surface area contributed by atoms with Crippen molar-refractivity contribution in [2.75, 3.05) is 16.8 Å². The van der Waals surface area contributed by atoms with E-state index < -0.39 is 0 Å². The van der Waals surface area contributed by atoms with Crippen LogP contribution in [0.15, 0.2) is 85.2 Å². The number of anilines is 3. The van der Waals surface area contributed by atoms with E-state index in [-0.39, 0.29) is 5.91 Å². The van der Waals surface area contributed by atoms with E-state index in [4.69, 9.17) is 21.3 Å². The molecule has 5 aromatic rings. The van der Waals surface area contributed by atoms with E-state index in [1.165, 1.54) is 6.33 Å². The number of nitrogen functional groups attached to an aromatic ring is 2. The quantitative estimate of drug-likeness (QED) is 0.270. The molecule has 5 N–H and O–H groups in total. The largest absolute Gasteiger partial charge is 0.457 e. The highest BCUT2D eigenvalue weighted by Crippen LogP contribution is 2.32. The number of para-hydroxylation sites is 3. The third kappa shape index (κ3) is 4.95. The number of hydrogen-bond donors (Lipinski definition) is 3. The molecule has 2 aromatic heterocycles. The molecule has 0 fully saturated rings. The molecule has 0 radical (unpaired) electrons. The number of fused-ring (bicyclic) bond motifs is 1. The number of aryl methyl sites for hydroxylation is 1. The molecule has 0 aliphatic heterocycles. The van der Waals surface area contributed by atoms with E-state index in [0.29, 0.717) is 59.1 Å². The first-order valence-corrected chi connectivity index (χ1v) is 11.5. The summed E-state index contributed by atoms with van der Waals surface area (Å²) in [5.74, 6) is 1.70. The number of hydrogen-bond acceptors (Lipinski definition) is 7. The Morgan fingerprint density at radius 1 is 0.889 bits per heavy atom. The summed E-state index contributed by atoms with van der Waals surface area (Å²) in [6.45, 7) is 0.486. The number of nitrogens with two attached hydrogens (primary N) is 2. The van der Waals surface area contributed by atoms with Crippen molar-refractivity contribution in [3.63, 3.8) is 0 Å². The Labute approximate surface area is 207 Å². The molecule has 180 valence electrons. The van der Waals surface area contributed by atoms with Crippen molar-refractivity contribution in [2.45, 2.75) is 19.4 Å². The van der Waals surface area contributed by atoms with Gasteiger partial charge in [0.05, 0.1) is 16.8 Å². The molecule has 0 atom stereocenters. The van der Waals surface area contributed by atoms with Gasteiger partial charge in [0.2, 0.25) is 5.91 Å². The van der Waals surface area contributed by atoms with Crippen LogP contribution in [0.5, 0.6) is 11.5 Å². The van der Waals surface area contributed by atoms with Crippen LogP contribution in [-0.2, 0) is 11.3 Å². The van der Waals surface area contributed by atoms with Crippen LogP contribution in [0.3, 0.4) is 0 Å². The molecule has 0 unspecified atom stereocenters. The van der Waals surface area contributed by atoms with Gasteiger partial charge in [-0.25, -0.2) is 14.6 Å². The molecule has 0 spiro atoms. The average Bonchev–Trinajstić information content (AvgIpc) is 3.26. The average molecular weight is 480 g/mol. The fourth-order valence-corrected chi connectivity index (χ4v) is 3.91. The van der Waals surface area contributed by atoms with Crippen molar-refractivity contribution in [1.29, 1.82) is 0 Å². The molecular weight excluding hydrogens is 454 g/mol. The van der Waals surface area contributed by atoms with Gasteiger partial charge in [-0.2, -0.15) is 5.10 Å². The SMILES string of the molecule is Nc1ccccc1NC(=O)CCCn1nc(-c2ccc(Oc3ccccc3)cc2)c2c(N)ncnc21. The predicted octanol–water partition coefficient (Wildman–Crippen LogP) is 4.87. The lowest BCUT2D eigenvalue weighted by atomic mass is 10.1. The number of nitrogens with zero attached hydrogens (tertiary/aromatic N) is 4. The highest BCUT2D eigenvalue weighted by Gasteiger charge is 2.17.